The molecule has 0 fully saturated rings. The van der Waals surface area contributed by atoms with Crippen molar-refractivity contribution >= 4 is 17.4 Å². The number of hydrogen-bond acceptors (Lipinski definition) is 1. The van der Waals surface area contributed by atoms with Crippen LogP contribution in [0.3, 0.4) is 0 Å². The highest BCUT2D eigenvalue weighted by atomic mass is 35.5. The van der Waals surface area contributed by atoms with Crippen molar-refractivity contribution in [2.45, 2.75) is 32.6 Å². The van der Waals surface area contributed by atoms with Crippen molar-refractivity contribution in [1.29, 1.82) is 0 Å². The Labute approximate surface area is 125 Å². The Bertz CT molecular complexity index is 606. The van der Waals surface area contributed by atoms with Gasteiger partial charge in [0.25, 0.3) is 0 Å². The summed E-state index contributed by atoms with van der Waals surface area (Å²) in [6.45, 7) is 6.54. The highest BCUT2D eigenvalue weighted by molar-refractivity contribution is 6.31. The van der Waals surface area contributed by atoms with Gasteiger partial charge in [-0.05, 0) is 28.7 Å². The second kappa shape index (κ2) is 5.80. The maximum atomic E-state index is 12.2. The first-order valence-corrected chi connectivity index (χ1v) is 7.12. The zero-order valence-corrected chi connectivity index (χ0v) is 12.9. The molecule has 0 bridgehead atoms. The average molecular weight is 287 g/mol. The first-order chi connectivity index (χ1) is 9.36. The minimum absolute atomic E-state index is 0.0935. The first-order valence-electron chi connectivity index (χ1n) is 6.74. The second-order valence-electron chi connectivity index (χ2n) is 6.06. The van der Waals surface area contributed by atoms with Crippen LogP contribution in [0.5, 0.6) is 0 Å². The van der Waals surface area contributed by atoms with Gasteiger partial charge in [-0.1, -0.05) is 68.8 Å². The molecule has 2 aromatic carbocycles. The summed E-state index contributed by atoms with van der Waals surface area (Å²) in [4.78, 5) is 12.2. The third-order valence-electron chi connectivity index (χ3n) is 3.33. The van der Waals surface area contributed by atoms with Gasteiger partial charge in [0.05, 0.1) is 0 Å². The van der Waals surface area contributed by atoms with Gasteiger partial charge >= 0.3 is 0 Å². The summed E-state index contributed by atoms with van der Waals surface area (Å²) in [5.74, 6) is 0.0935. The maximum absolute atomic E-state index is 12.2. The number of benzene rings is 2. The van der Waals surface area contributed by atoms with E-state index in [2.05, 4.69) is 32.9 Å². The van der Waals surface area contributed by atoms with E-state index in [0.717, 1.165) is 5.56 Å². The SMILES string of the molecule is CC(C)(C)c1ccc(CC(=O)c2cccc(Cl)c2)cc1. The molecule has 104 valence electrons. The van der Waals surface area contributed by atoms with E-state index in [1.165, 1.54) is 5.56 Å². The third kappa shape index (κ3) is 3.71. The summed E-state index contributed by atoms with van der Waals surface area (Å²) in [6.07, 6.45) is 0.408. The minimum atomic E-state index is 0.0935. The molecule has 0 aliphatic carbocycles. The zero-order valence-electron chi connectivity index (χ0n) is 12.1. The molecule has 0 N–H and O–H groups in total. The van der Waals surface area contributed by atoms with Crippen LogP contribution in [0.4, 0.5) is 0 Å². The van der Waals surface area contributed by atoms with Crippen LogP contribution in [0.1, 0.15) is 42.3 Å². The van der Waals surface area contributed by atoms with E-state index in [4.69, 9.17) is 11.6 Å². The number of ketones is 1. The van der Waals surface area contributed by atoms with Crippen LogP contribution >= 0.6 is 11.6 Å². The minimum Gasteiger partial charge on any atom is -0.294 e. The molecular weight excluding hydrogens is 268 g/mol. The molecule has 0 aliphatic heterocycles. The van der Waals surface area contributed by atoms with Crippen molar-refractivity contribution in [2.24, 2.45) is 0 Å². The largest absolute Gasteiger partial charge is 0.294 e. The molecule has 2 rings (SSSR count). The van der Waals surface area contributed by atoms with Crippen LogP contribution in [0.2, 0.25) is 5.02 Å². The summed E-state index contributed by atoms with van der Waals surface area (Å²) < 4.78 is 0. The van der Waals surface area contributed by atoms with E-state index >= 15 is 0 Å². The predicted molar refractivity (Wildman–Crippen MR) is 84.6 cm³/mol. The van der Waals surface area contributed by atoms with Gasteiger partial charge in [-0.3, -0.25) is 4.79 Å². The smallest absolute Gasteiger partial charge is 0.167 e. The molecule has 0 heterocycles. The molecule has 2 heteroatoms. The van der Waals surface area contributed by atoms with Crippen LogP contribution in [0, 0.1) is 0 Å². The Kier molecular flexibility index (Phi) is 4.29. The quantitative estimate of drug-likeness (QED) is 0.721. The van der Waals surface area contributed by atoms with Gasteiger partial charge in [0.15, 0.2) is 5.78 Å². The Morgan fingerprint density at radius 2 is 1.70 bits per heavy atom. The number of hydrogen-bond donors (Lipinski definition) is 0. The van der Waals surface area contributed by atoms with Crippen molar-refractivity contribution in [1.82, 2.24) is 0 Å². The molecular formula is C18H19ClO. The van der Waals surface area contributed by atoms with Gasteiger partial charge in [-0.25, -0.2) is 0 Å². The van der Waals surface area contributed by atoms with E-state index < -0.39 is 0 Å². The predicted octanol–water partition coefficient (Wildman–Crippen LogP) is 5.06. The zero-order chi connectivity index (χ0) is 14.8. The molecule has 1 nitrogen and oxygen atoms in total. The molecule has 2 aromatic rings. The maximum Gasteiger partial charge on any atom is 0.167 e. The Morgan fingerprint density at radius 1 is 1.05 bits per heavy atom. The van der Waals surface area contributed by atoms with Crippen molar-refractivity contribution < 1.29 is 4.79 Å². The van der Waals surface area contributed by atoms with Crippen LogP contribution in [-0.4, -0.2) is 5.78 Å². The average Bonchev–Trinajstić information content (AvgIpc) is 2.38. The van der Waals surface area contributed by atoms with Crippen LogP contribution < -0.4 is 0 Å². The Balaban J connectivity index is 2.12. The van der Waals surface area contributed by atoms with E-state index in [-0.39, 0.29) is 11.2 Å². The fourth-order valence-corrected chi connectivity index (χ4v) is 2.26. The highest BCUT2D eigenvalue weighted by Gasteiger charge is 2.13. The molecule has 0 saturated carbocycles. The normalized spacial score (nSPS) is 11.4. The van der Waals surface area contributed by atoms with Crippen LogP contribution in [-0.2, 0) is 11.8 Å². The van der Waals surface area contributed by atoms with Gasteiger partial charge in [0.2, 0.25) is 0 Å². The molecule has 0 spiro atoms. The monoisotopic (exact) mass is 286 g/mol. The molecule has 0 amide bonds. The lowest BCUT2D eigenvalue weighted by molar-refractivity contribution is 0.0993. The molecule has 0 radical (unpaired) electrons. The van der Waals surface area contributed by atoms with Crippen molar-refractivity contribution in [3.63, 3.8) is 0 Å². The lowest BCUT2D eigenvalue weighted by Crippen LogP contribution is -2.11. The number of carbonyl (C=O) groups is 1. The number of Topliss-reactive ketones (excluding diaryl/α,β-unsaturated/α-hetero) is 1. The summed E-state index contributed by atoms with van der Waals surface area (Å²) in [6, 6.07) is 15.4. The van der Waals surface area contributed by atoms with Crippen molar-refractivity contribution in [3.05, 3.63) is 70.2 Å². The molecule has 0 aliphatic rings. The standard InChI is InChI=1S/C18H19ClO/c1-18(2,3)15-9-7-13(8-10-15)11-17(20)14-5-4-6-16(19)12-14/h4-10,12H,11H2,1-3H3. The number of rotatable bonds is 3. The summed E-state index contributed by atoms with van der Waals surface area (Å²) in [5.41, 5.74) is 3.10. The summed E-state index contributed by atoms with van der Waals surface area (Å²) in [5, 5.41) is 0.596. The van der Waals surface area contributed by atoms with Crippen LogP contribution in [0.25, 0.3) is 0 Å². The molecule has 0 aromatic heterocycles. The third-order valence-corrected chi connectivity index (χ3v) is 3.57. The summed E-state index contributed by atoms with van der Waals surface area (Å²) >= 11 is 5.91. The lowest BCUT2D eigenvalue weighted by atomic mass is 9.86. The fraction of sp³-hybridized carbons (Fsp3) is 0.278. The van der Waals surface area contributed by atoms with E-state index in [9.17, 15) is 4.79 Å². The van der Waals surface area contributed by atoms with Crippen molar-refractivity contribution in [3.8, 4) is 0 Å². The molecule has 0 unspecified atom stereocenters. The Morgan fingerprint density at radius 3 is 2.25 bits per heavy atom. The fourth-order valence-electron chi connectivity index (χ4n) is 2.07. The van der Waals surface area contributed by atoms with Gasteiger partial charge in [0.1, 0.15) is 0 Å². The molecule has 0 saturated heterocycles. The second-order valence-corrected chi connectivity index (χ2v) is 6.49. The Hall–Kier alpha value is -1.60. The lowest BCUT2D eigenvalue weighted by Gasteiger charge is -2.19. The van der Waals surface area contributed by atoms with Crippen molar-refractivity contribution in [2.75, 3.05) is 0 Å². The number of carbonyl (C=O) groups excluding carboxylic acids is 1. The summed E-state index contributed by atoms with van der Waals surface area (Å²) in [7, 11) is 0. The van der Waals surface area contributed by atoms with Gasteiger partial charge in [-0.2, -0.15) is 0 Å². The van der Waals surface area contributed by atoms with Gasteiger partial charge in [0, 0.05) is 17.0 Å². The molecule has 0 atom stereocenters. The van der Waals surface area contributed by atoms with Gasteiger partial charge < -0.3 is 0 Å². The van der Waals surface area contributed by atoms with Crippen LogP contribution in [0.15, 0.2) is 48.5 Å². The number of halogens is 1. The molecule has 20 heavy (non-hydrogen) atoms. The van der Waals surface area contributed by atoms with E-state index in [0.29, 0.717) is 17.0 Å². The topological polar surface area (TPSA) is 17.1 Å². The van der Waals surface area contributed by atoms with Gasteiger partial charge in [-0.15, -0.1) is 0 Å². The first kappa shape index (κ1) is 14.8. The van der Waals surface area contributed by atoms with E-state index in [1.54, 1.807) is 24.3 Å². The highest BCUT2D eigenvalue weighted by Crippen LogP contribution is 2.22. The van der Waals surface area contributed by atoms with E-state index in [1.807, 2.05) is 12.1 Å².